The third-order valence-corrected chi connectivity index (χ3v) is 1.94. The zero-order chi connectivity index (χ0) is 11.7. The predicted molar refractivity (Wildman–Crippen MR) is 68.3 cm³/mol. The average molecular weight is 206 g/mol. The lowest BCUT2D eigenvalue weighted by atomic mass is 10.1. The summed E-state index contributed by atoms with van der Waals surface area (Å²) in [5, 5.41) is 1.25. The van der Waals surface area contributed by atoms with E-state index in [-0.39, 0.29) is 0 Å². The standard InChI is InChI=1S/C10H10O.2C2H6/c1-2-8-7-11-10-6-4-3-5-9(8)10;2*1-2/h3-7H,2H2,1H3;2*1-2H3. The van der Waals surface area contributed by atoms with Crippen LogP contribution in [0.2, 0.25) is 0 Å². The van der Waals surface area contributed by atoms with Gasteiger partial charge in [-0.05, 0) is 18.1 Å². The van der Waals surface area contributed by atoms with Crippen molar-refractivity contribution in [3.05, 3.63) is 36.1 Å². The van der Waals surface area contributed by atoms with E-state index in [0.717, 1.165) is 12.0 Å². The van der Waals surface area contributed by atoms with E-state index in [1.807, 2.05) is 52.2 Å². The van der Waals surface area contributed by atoms with E-state index in [2.05, 4.69) is 13.0 Å². The summed E-state index contributed by atoms with van der Waals surface area (Å²) in [4.78, 5) is 0. The van der Waals surface area contributed by atoms with Gasteiger partial charge in [0.2, 0.25) is 0 Å². The zero-order valence-corrected chi connectivity index (χ0v) is 10.5. The van der Waals surface area contributed by atoms with Crippen molar-refractivity contribution in [2.75, 3.05) is 0 Å². The van der Waals surface area contributed by atoms with Gasteiger partial charge in [0.1, 0.15) is 5.58 Å². The minimum atomic E-state index is 0.990. The van der Waals surface area contributed by atoms with E-state index in [4.69, 9.17) is 4.42 Å². The molecule has 0 atom stereocenters. The molecule has 1 heterocycles. The number of hydrogen-bond acceptors (Lipinski definition) is 1. The van der Waals surface area contributed by atoms with Crippen LogP contribution in [0.1, 0.15) is 40.2 Å². The maximum atomic E-state index is 5.34. The van der Waals surface area contributed by atoms with E-state index in [1.165, 1.54) is 10.9 Å². The van der Waals surface area contributed by atoms with Crippen molar-refractivity contribution in [1.82, 2.24) is 0 Å². The van der Waals surface area contributed by atoms with Crippen LogP contribution in [0.15, 0.2) is 34.9 Å². The molecule has 15 heavy (non-hydrogen) atoms. The fraction of sp³-hybridized carbons (Fsp3) is 0.429. The summed E-state index contributed by atoms with van der Waals surface area (Å²) >= 11 is 0. The molecular weight excluding hydrogens is 184 g/mol. The Kier molecular flexibility index (Phi) is 7.43. The summed E-state index contributed by atoms with van der Waals surface area (Å²) in [7, 11) is 0. The van der Waals surface area contributed by atoms with Gasteiger partial charge in [-0.15, -0.1) is 0 Å². The fourth-order valence-corrected chi connectivity index (χ4v) is 1.31. The lowest BCUT2D eigenvalue weighted by Gasteiger charge is -1.88. The van der Waals surface area contributed by atoms with E-state index < -0.39 is 0 Å². The molecule has 0 N–H and O–H groups in total. The number of aryl methyl sites for hydroxylation is 1. The maximum Gasteiger partial charge on any atom is 0.134 e. The van der Waals surface area contributed by atoms with Crippen molar-refractivity contribution in [2.24, 2.45) is 0 Å². The first-order valence-electron chi connectivity index (χ1n) is 5.87. The second-order valence-electron chi connectivity index (χ2n) is 2.61. The second-order valence-corrected chi connectivity index (χ2v) is 2.61. The number of fused-ring (bicyclic) bond motifs is 1. The highest BCUT2D eigenvalue weighted by atomic mass is 16.3. The average Bonchev–Trinajstić information content (AvgIpc) is 2.77. The van der Waals surface area contributed by atoms with Gasteiger partial charge in [0, 0.05) is 5.39 Å². The Hall–Kier alpha value is -1.24. The van der Waals surface area contributed by atoms with Crippen molar-refractivity contribution in [1.29, 1.82) is 0 Å². The van der Waals surface area contributed by atoms with Crippen molar-refractivity contribution in [3.8, 4) is 0 Å². The molecular formula is C14H22O. The van der Waals surface area contributed by atoms with E-state index in [0.29, 0.717) is 0 Å². The van der Waals surface area contributed by atoms with Crippen molar-refractivity contribution < 1.29 is 4.42 Å². The summed E-state index contributed by atoms with van der Waals surface area (Å²) in [6.45, 7) is 10.1. The SMILES string of the molecule is CC.CC.CCc1coc2ccccc12. The predicted octanol–water partition coefficient (Wildman–Crippen LogP) is 5.05. The number of hydrogen-bond donors (Lipinski definition) is 0. The van der Waals surface area contributed by atoms with Gasteiger partial charge in [-0.1, -0.05) is 52.8 Å². The Bertz CT molecular complexity index is 360. The van der Waals surface area contributed by atoms with Gasteiger partial charge in [0.05, 0.1) is 6.26 Å². The van der Waals surface area contributed by atoms with E-state index in [9.17, 15) is 0 Å². The Morgan fingerprint density at radius 3 is 2.20 bits per heavy atom. The second kappa shape index (κ2) is 8.10. The van der Waals surface area contributed by atoms with Crippen LogP contribution in [0.5, 0.6) is 0 Å². The smallest absolute Gasteiger partial charge is 0.134 e. The lowest BCUT2D eigenvalue weighted by Crippen LogP contribution is -1.72. The molecule has 2 aromatic rings. The summed E-state index contributed by atoms with van der Waals surface area (Å²) in [5.74, 6) is 0. The molecule has 0 aliphatic heterocycles. The highest BCUT2D eigenvalue weighted by Crippen LogP contribution is 2.20. The Balaban J connectivity index is 0.000000442. The van der Waals surface area contributed by atoms with Crippen LogP contribution in [0, 0.1) is 0 Å². The van der Waals surface area contributed by atoms with Gasteiger partial charge in [-0.3, -0.25) is 0 Å². The topological polar surface area (TPSA) is 13.1 Å². The molecule has 0 aliphatic carbocycles. The number of para-hydroxylation sites is 1. The Morgan fingerprint density at radius 1 is 1.00 bits per heavy atom. The third-order valence-electron chi connectivity index (χ3n) is 1.94. The first kappa shape index (κ1) is 13.8. The summed E-state index contributed by atoms with van der Waals surface area (Å²) in [6, 6.07) is 8.12. The highest BCUT2D eigenvalue weighted by Gasteiger charge is 2.00. The monoisotopic (exact) mass is 206 g/mol. The van der Waals surface area contributed by atoms with Crippen LogP contribution < -0.4 is 0 Å². The summed E-state index contributed by atoms with van der Waals surface area (Å²) in [5.41, 5.74) is 2.28. The molecule has 84 valence electrons. The van der Waals surface area contributed by atoms with E-state index >= 15 is 0 Å². The molecule has 1 nitrogen and oxygen atoms in total. The van der Waals surface area contributed by atoms with Crippen LogP contribution in [0.3, 0.4) is 0 Å². The van der Waals surface area contributed by atoms with Gasteiger partial charge < -0.3 is 4.42 Å². The lowest BCUT2D eigenvalue weighted by molar-refractivity contribution is 0.611. The molecule has 2 rings (SSSR count). The molecule has 0 spiro atoms. The van der Waals surface area contributed by atoms with Crippen molar-refractivity contribution >= 4 is 11.0 Å². The first-order chi connectivity index (χ1) is 7.42. The Labute approximate surface area is 93.1 Å². The van der Waals surface area contributed by atoms with E-state index in [1.54, 1.807) is 0 Å². The molecule has 0 bridgehead atoms. The van der Waals surface area contributed by atoms with Gasteiger partial charge in [-0.2, -0.15) is 0 Å². The van der Waals surface area contributed by atoms with Crippen molar-refractivity contribution in [2.45, 2.75) is 41.0 Å². The quantitative estimate of drug-likeness (QED) is 0.636. The van der Waals surface area contributed by atoms with Gasteiger partial charge in [0.25, 0.3) is 0 Å². The van der Waals surface area contributed by atoms with Gasteiger partial charge >= 0.3 is 0 Å². The molecule has 0 saturated heterocycles. The molecule has 0 aliphatic rings. The van der Waals surface area contributed by atoms with Crippen LogP contribution in [0.25, 0.3) is 11.0 Å². The van der Waals surface area contributed by atoms with Gasteiger partial charge in [0.15, 0.2) is 0 Å². The summed E-state index contributed by atoms with van der Waals surface area (Å²) < 4.78 is 5.34. The Morgan fingerprint density at radius 2 is 1.60 bits per heavy atom. The highest BCUT2D eigenvalue weighted by molar-refractivity contribution is 5.80. The maximum absolute atomic E-state index is 5.34. The van der Waals surface area contributed by atoms with Crippen LogP contribution in [-0.2, 0) is 6.42 Å². The molecule has 1 heteroatoms. The van der Waals surface area contributed by atoms with Crippen LogP contribution in [-0.4, -0.2) is 0 Å². The number of furan rings is 1. The van der Waals surface area contributed by atoms with Crippen LogP contribution >= 0.6 is 0 Å². The van der Waals surface area contributed by atoms with Crippen molar-refractivity contribution in [3.63, 3.8) is 0 Å². The zero-order valence-electron chi connectivity index (χ0n) is 10.5. The molecule has 0 unspecified atom stereocenters. The first-order valence-corrected chi connectivity index (χ1v) is 5.87. The molecule has 1 aromatic heterocycles. The molecule has 0 radical (unpaired) electrons. The third kappa shape index (κ3) is 3.43. The minimum Gasteiger partial charge on any atom is -0.464 e. The molecule has 1 aromatic carbocycles. The molecule has 0 amide bonds. The number of rotatable bonds is 1. The fourth-order valence-electron chi connectivity index (χ4n) is 1.31. The van der Waals surface area contributed by atoms with Crippen LogP contribution in [0.4, 0.5) is 0 Å². The largest absolute Gasteiger partial charge is 0.464 e. The van der Waals surface area contributed by atoms with Gasteiger partial charge in [-0.25, -0.2) is 0 Å². The normalized spacial score (nSPS) is 8.60. The molecule has 0 saturated carbocycles. The minimum absolute atomic E-state index is 0.990. The number of benzene rings is 1. The molecule has 0 fully saturated rings. The summed E-state index contributed by atoms with van der Waals surface area (Å²) in [6.07, 6.45) is 2.88.